The first-order valence-corrected chi connectivity index (χ1v) is 11.9. The monoisotopic (exact) mass is 478 g/mol. The van der Waals surface area contributed by atoms with Crippen LogP contribution in [0.5, 0.6) is 0 Å². The van der Waals surface area contributed by atoms with Gasteiger partial charge in [-0.05, 0) is 62.3 Å². The van der Waals surface area contributed by atoms with Gasteiger partial charge in [-0.3, -0.25) is 4.79 Å². The SMILES string of the molecule is C.CC(C)[C@@H](NC[C@H](N)CCCN)C(=O)N1CC[C@H](C2=CCC(Cl)CC2)C(C)(C)C1.O.O. The highest BCUT2D eigenvalue weighted by molar-refractivity contribution is 6.20. The third-order valence-electron chi connectivity index (χ3n) is 6.68. The van der Waals surface area contributed by atoms with Gasteiger partial charge >= 0.3 is 0 Å². The number of nitrogens with one attached hydrogen (secondary N) is 1. The standard InChI is InChI=1S/C23H43ClN4O.CH4.2H2O/c1-16(2)21(27-14-19(26)6-5-12-25)22(29)28-13-11-20(23(3,4)15-28)17-7-9-18(24)10-8-17;;;/h7,16,18-21,27H,5-6,8-15,25-26H2,1-4H3;1H4;2*1H2/t18?,19-,20-,21-;;;/m1.../s1. The average molecular weight is 479 g/mol. The normalized spacial score (nSPS) is 24.4. The molecule has 1 heterocycles. The van der Waals surface area contributed by atoms with E-state index in [0.717, 1.165) is 51.6 Å². The molecule has 0 aromatic rings. The quantitative estimate of drug-likeness (QED) is 0.344. The van der Waals surface area contributed by atoms with E-state index in [1.807, 2.05) is 0 Å². The first kappa shape index (κ1) is 33.5. The molecule has 9 N–H and O–H groups in total. The van der Waals surface area contributed by atoms with Gasteiger partial charge in [0.05, 0.1) is 6.04 Å². The lowest BCUT2D eigenvalue weighted by atomic mass is 9.68. The second kappa shape index (κ2) is 15.3. The summed E-state index contributed by atoms with van der Waals surface area (Å²) in [5.74, 6) is 0.994. The molecular formula is C24H51ClN4O3. The van der Waals surface area contributed by atoms with Crippen molar-refractivity contribution in [1.82, 2.24) is 10.2 Å². The molecular weight excluding hydrogens is 428 g/mol. The summed E-state index contributed by atoms with van der Waals surface area (Å²) < 4.78 is 0. The average Bonchev–Trinajstić information content (AvgIpc) is 2.66. The molecule has 0 saturated carbocycles. The van der Waals surface area contributed by atoms with Crippen molar-refractivity contribution >= 4 is 17.5 Å². The summed E-state index contributed by atoms with van der Waals surface area (Å²) in [6, 6.07) is -0.143. The molecule has 0 spiro atoms. The van der Waals surface area contributed by atoms with E-state index in [1.165, 1.54) is 0 Å². The van der Waals surface area contributed by atoms with E-state index in [-0.39, 0.29) is 53.1 Å². The van der Waals surface area contributed by atoms with Crippen molar-refractivity contribution in [2.24, 2.45) is 28.7 Å². The minimum atomic E-state index is -0.183. The number of nitrogens with zero attached hydrogens (tertiary/aromatic N) is 1. The molecule has 1 saturated heterocycles. The van der Waals surface area contributed by atoms with Gasteiger partial charge in [0.1, 0.15) is 0 Å². The number of carbonyl (C=O) groups is 1. The molecule has 1 unspecified atom stereocenters. The van der Waals surface area contributed by atoms with Crippen molar-refractivity contribution in [2.75, 3.05) is 26.2 Å². The van der Waals surface area contributed by atoms with Crippen LogP contribution in [0.25, 0.3) is 0 Å². The van der Waals surface area contributed by atoms with Crippen LogP contribution in [0.3, 0.4) is 0 Å². The van der Waals surface area contributed by atoms with Gasteiger partial charge in [-0.25, -0.2) is 0 Å². The summed E-state index contributed by atoms with van der Waals surface area (Å²) in [6.45, 7) is 11.8. The van der Waals surface area contributed by atoms with Gasteiger partial charge in [0.2, 0.25) is 5.91 Å². The maximum absolute atomic E-state index is 13.4. The fourth-order valence-corrected chi connectivity index (χ4v) is 5.13. The lowest BCUT2D eigenvalue weighted by molar-refractivity contribution is -0.138. The molecule has 0 radical (unpaired) electrons. The molecule has 0 aromatic carbocycles. The number of hydrogen-bond donors (Lipinski definition) is 3. The van der Waals surface area contributed by atoms with E-state index in [2.05, 4.69) is 44.0 Å². The molecule has 4 atom stereocenters. The Kier molecular flexibility index (Phi) is 16.0. The zero-order valence-corrected chi connectivity index (χ0v) is 20.7. The lowest BCUT2D eigenvalue weighted by Gasteiger charge is -2.47. The Balaban J connectivity index is 0. The topological polar surface area (TPSA) is 147 Å². The van der Waals surface area contributed by atoms with E-state index in [0.29, 0.717) is 19.0 Å². The highest BCUT2D eigenvalue weighted by Crippen LogP contribution is 2.43. The molecule has 8 heteroatoms. The third-order valence-corrected chi connectivity index (χ3v) is 7.08. The van der Waals surface area contributed by atoms with Crippen LogP contribution in [0.1, 0.15) is 73.6 Å². The summed E-state index contributed by atoms with van der Waals surface area (Å²) in [6.07, 6.45) is 8.38. The third kappa shape index (κ3) is 9.27. The Hall–Kier alpha value is -0.700. The summed E-state index contributed by atoms with van der Waals surface area (Å²) in [7, 11) is 0. The Morgan fingerprint density at radius 1 is 1.31 bits per heavy atom. The summed E-state index contributed by atoms with van der Waals surface area (Å²) in [4.78, 5) is 15.4. The van der Waals surface area contributed by atoms with Gasteiger partial charge < -0.3 is 32.6 Å². The molecule has 2 aliphatic rings. The predicted molar refractivity (Wildman–Crippen MR) is 137 cm³/mol. The maximum atomic E-state index is 13.4. The van der Waals surface area contributed by atoms with Crippen molar-refractivity contribution in [3.05, 3.63) is 11.6 Å². The minimum absolute atomic E-state index is 0. The van der Waals surface area contributed by atoms with E-state index in [4.69, 9.17) is 23.1 Å². The maximum Gasteiger partial charge on any atom is 0.239 e. The van der Waals surface area contributed by atoms with Crippen molar-refractivity contribution < 1.29 is 15.7 Å². The molecule has 0 aromatic heterocycles. The summed E-state index contributed by atoms with van der Waals surface area (Å²) >= 11 is 6.28. The van der Waals surface area contributed by atoms with Crippen molar-refractivity contribution in [1.29, 1.82) is 0 Å². The van der Waals surface area contributed by atoms with Crippen LogP contribution in [0, 0.1) is 17.3 Å². The molecule has 0 bridgehead atoms. The zero-order chi connectivity index (χ0) is 21.6. The minimum Gasteiger partial charge on any atom is -0.412 e. The number of hydrogen-bond acceptors (Lipinski definition) is 4. The second-order valence-electron chi connectivity index (χ2n) is 10.1. The Bertz CT molecular complexity index is 571. The summed E-state index contributed by atoms with van der Waals surface area (Å²) in [5, 5.41) is 3.74. The largest absolute Gasteiger partial charge is 0.412 e. The van der Waals surface area contributed by atoms with Crippen LogP contribution >= 0.6 is 11.6 Å². The van der Waals surface area contributed by atoms with Crippen molar-refractivity contribution in [3.63, 3.8) is 0 Å². The Labute approximate surface area is 201 Å². The molecule has 1 amide bonds. The van der Waals surface area contributed by atoms with Gasteiger partial charge in [-0.15, -0.1) is 11.6 Å². The van der Waals surface area contributed by atoms with E-state index in [1.54, 1.807) is 5.57 Å². The molecule has 1 fully saturated rings. The van der Waals surface area contributed by atoms with Crippen molar-refractivity contribution in [2.45, 2.75) is 91.1 Å². The van der Waals surface area contributed by atoms with Crippen LogP contribution in [-0.4, -0.2) is 65.4 Å². The van der Waals surface area contributed by atoms with Gasteiger partial charge in [0, 0.05) is 31.1 Å². The predicted octanol–water partition coefficient (Wildman–Crippen LogP) is 2.25. The fourth-order valence-electron chi connectivity index (χ4n) is 4.94. The first-order chi connectivity index (χ1) is 13.7. The van der Waals surface area contributed by atoms with Crippen molar-refractivity contribution in [3.8, 4) is 0 Å². The number of alkyl halides is 1. The van der Waals surface area contributed by atoms with Crippen LogP contribution in [0.4, 0.5) is 0 Å². The van der Waals surface area contributed by atoms with Crippen LogP contribution < -0.4 is 16.8 Å². The number of rotatable bonds is 9. The number of carbonyl (C=O) groups excluding carboxylic acids is 1. The number of likely N-dealkylation sites (tertiary alicyclic amines) is 1. The number of halogens is 1. The molecule has 2 rings (SSSR count). The van der Waals surface area contributed by atoms with E-state index in [9.17, 15) is 4.79 Å². The van der Waals surface area contributed by atoms with Gasteiger partial charge in [0.25, 0.3) is 0 Å². The Morgan fingerprint density at radius 2 is 1.97 bits per heavy atom. The molecule has 1 aliphatic carbocycles. The van der Waals surface area contributed by atoms with Crippen LogP contribution in [0.15, 0.2) is 11.6 Å². The van der Waals surface area contributed by atoms with E-state index >= 15 is 0 Å². The molecule has 192 valence electrons. The lowest BCUT2D eigenvalue weighted by Crippen LogP contribution is -2.56. The Morgan fingerprint density at radius 3 is 2.47 bits per heavy atom. The molecule has 7 nitrogen and oxygen atoms in total. The van der Waals surface area contributed by atoms with Crippen LogP contribution in [-0.2, 0) is 4.79 Å². The van der Waals surface area contributed by atoms with E-state index < -0.39 is 0 Å². The van der Waals surface area contributed by atoms with Gasteiger partial charge in [0.15, 0.2) is 0 Å². The summed E-state index contributed by atoms with van der Waals surface area (Å²) in [5.41, 5.74) is 13.4. The van der Waals surface area contributed by atoms with Gasteiger partial charge in [-0.2, -0.15) is 0 Å². The fraction of sp³-hybridized carbons (Fsp3) is 0.875. The van der Waals surface area contributed by atoms with Gasteiger partial charge in [-0.1, -0.05) is 46.8 Å². The molecule has 32 heavy (non-hydrogen) atoms. The molecule has 1 aliphatic heterocycles. The zero-order valence-electron chi connectivity index (χ0n) is 19.9. The number of amides is 1. The first-order valence-electron chi connectivity index (χ1n) is 11.5. The highest BCUT2D eigenvalue weighted by atomic mass is 35.5. The smallest absolute Gasteiger partial charge is 0.239 e. The number of allylic oxidation sites excluding steroid dienone is 2. The highest BCUT2D eigenvalue weighted by Gasteiger charge is 2.41. The van der Waals surface area contributed by atoms with Crippen LogP contribution in [0.2, 0.25) is 0 Å². The second-order valence-corrected chi connectivity index (χ2v) is 10.7. The number of piperidine rings is 1. The number of nitrogens with two attached hydrogens (primary N) is 2.